The van der Waals surface area contributed by atoms with Gasteiger partial charge in [-0.25, -0.2) is 19.9 Å². The number of rotatable bonds is 10. The summed E-state index contributed by atoms with van der Waals surface area (Å²) in [6.45, 7) is 3.03. The molecule has 4 aromatic rings. The number of aryl methyl sites for hydroxylation is 1. The van der Waals surface area contributed by atoms with Crippen LogP contribution in [-0.2, 0) is 29.7 Å². The van der Waals surface area contributed by atoms with Gasteiger partial charge in [0.15, 0.2) is 5.75 Å². The minimum absolute atomic E-state index is 0.148. The van der Waals surface area contributed by atoms with Gasteiger partial charge in [-0.15, -0.1) is 0 Å². The van der Waals surface area contributed by atoms with Crippen LogP contribution in [0.3, 0.4) is 0 Å². The second kappa shape index (κ2) is 13.3. The predicted octanol–water partition coefficient (Wildman–Crippen LogP) is 5.76. The molecular formula is C29H31Cl2N7O3. The van der Waals surface area contributed by atoms with E-state index in [4.69, 9.17) is 37.7 Å². The number of carbonyl (C=O) groups excluding carboxylic acids is 1. The molecule has 1 saturated heterocycles. The third kappa shape index (κ3) is 7.93. The van der Waals surface area contributed by atoms with Crippen LogP contribution in [0.2, 0.25) is 10.0 Å². The van der Waals surface area contributed by atoms with Gasteiger partial charge in [0.2, 0.25) is 11.8 Å². The van der Waals surface area contributed by atoms with Crippen LogP contribution < -0.4 is 10.1 Å². The number of piperidine rings is 1. The van der Waals surface area contributed by atoms with Gasteiger partial charge < -0.3 is 19.4 Å². The van der Waals surface area contributed by atoms with E-state index in [0.717, 1.165) is 42.8 Å². The number of esters is 1. The molecule has 0 spiro atoms. The highest BCUT2D eigenvalue weighted by atomic mass is 35.5. The average Bonchev–Trinajstić information content (AvgIpc) is 3.37. The number of nitrogens with zero attached hydrogens (tertiary/aromatic N) is 6. The Labute approximate surface area is 248 Å². The first-order valence-corrected chi connectivity index (χ1v) is 14.1. The number of likely N-dealkylation sites (tertiary alicyclic amines) is 1. The van der Waals surface area contributed by atoms with Crippen LogP contribution in [0.4, 0.5) is 5.95 Å². The minimum atomic E-state index is -0.148. The number of ether oxygens (including phenoxy) is 2. The zero-order valence-corrected chi connectivity index (χ0v) is 24.4. The van der Waals surface area contributed by atoms with Gasteiger partial charge in [-0.2, -0.15) is 0 Å². The number of nitrogens with one attached hydrogen (secondary N) is 1. The zero-order chi connectivity index (χ0) is 28.8. The monoisotopic (exact) mass is 595 g/mol. The summed E-state index contributed by atoms with van der Waals surface area (Å²) in [6.07, 6.45) is 9.10. The molecule has 1 N–H and O–H groups in total. The van der Waals surface area contributed by atoms with Crippen molar-refractivity contribution in [3.05, 3.63) is 76.6 Å². The van der Waals surface area contributed by atoms with Crippen molar-refractivity contribution in [2.24, 2.45) is 13.0 Å². The lowest BCUT2D eigenvalue weighted by atomic mass is 9.93. The summed E-state index contributed by atoms with van der Waals surface area (Å²) in [5, 5.41) is 4.23. The van der Waals surface area contributed by atoms with Crippen LogP contribution in [0.1, 0.15) is 30.5 Å². The van der Waals surface area contributed by atoms with E-state index in [1.165, 1.54) is 7.11 Å². The van der Waals surface area contributed by atoms with Crippen molar-refractivity contribution in [1.82, 2.24) is 29.4 Å². The number of imidazole rings is 1. The molecule has 0 bridgehead atoms. The molecule has 0 radical (unpaired) electrons. The Bertz CT molecular complexity index is 1470. The molecule has 5 rings (SSSR count). The first-order chi connectivity index (χ1) is 19.8. The molecule has 1 aliphatic heterocycles. The number of pyridine rings is 1. The van der Waals surface area contributed by atoms with E-state index in [2.05, 4.69) is 25.2 Å². The van der Waals surface area contributed by atoms with Crippen molar-refractivity contribution in [2.45, 2.75) is 32.4 Å². The number of anilines is 1. The Balaban J connectivity index is 1.31. The van der Waals surface area contributed by atoms with Gasteiger partial charge in [0.05, 0.1) is 43.8 Å². The molecule has 0 aliphatic carbocycles. The molecule has 1 aliphatic rings. The lowest BCUT2D eigenvalue weighted by Gasteiger charge is -2.31. The van der Waals surface area contributed by atoms with Crippen molar-refractivity contribution in [3.8, 4) is 22.9 Å². The van der Waals surface area contributed by atoms with Crippen LogP contribution >= 0.6 is 23.2 Å². The molecule has 214 valence electrons. The maximum atomic E-state index is 11.7. The molecule has 41 heavy (non-hydrogen) atoms. The summed E-state index contributed by atoms with van der Waals surface area (Å²) < 4.78 is 12.9. The van der Waals surface area contributed by atoms with Crippen LogP contribution in [0.5, 0.6) is 11.6 Å². The Hall–Kier alpha value is -3.73. The van der Waals surface area contributed by atoms with E-state index in [1.807, 2.05) is 35.9 Å². The summed E-state index contributed by atoms with van der Waals surface area (Å²) in [4.78, 5) is 31.7. The molecule has 10 nitrogen and oxygen atoms in total. The lowest BCUT2D eigenvalue weighted by molar-refractivity contribution is -0.142. The fourth-order valence-electron chi connectivity index (χ4n) is 4.78. The van der Waals surface area contributed by atoms with Gasteiger partial charge in [-0.3, -0.25) is 9.69 Å². The standard InChI is InChI=1S/C29H31Cl2N7O3/c1-37-18-32-13-24(37)14-33-29-34-15-25(16-35-29)41-27-8-20(7-26(36-27)21-10-22(30)12-23(31)11-21)17-38-5-3-19(4-6-38)9-28(39)40-2/h7-8,10-13,15-16,18-19H,3-6,9,14,17H2,1-2H3,(H,33,34,35). The minimum Gasteiger partial charge on any atom is -0.469 e. The van der Waals surface area contributed by atoms with Gasteiger partial charge in [-0.1, -0.05) is 23.2 Å². The second-order valence-corrected chi connectivity index (χ2v) is 10.9. The van der Waals surface area contributed by atoms with E-state index in [9.17, 15) is 4.79 Å². The maximum absolute atomic E-state index is 11.7. The van der Waals surface area contributed by atoms with E-state index < -0.39 is 0 Å². The van der Waals surface area contributed by atoms with Crippen molar-refractivity contribution in [2.75, 3.05) is 25.5 Å². The normalized spacial score (nSPS) is 14.1. The number of hydrogen-bond donors (Lipinski definition) is 1. The zero-order valence-electron chi connectivity index (χ0n) is 22.9. The topological polar surface area (TPSA) is 107 Å². The highest BCUT2D eigenvalue weighted by molar-refractivity contribution is 6.35. The fraction of sp³-hybridized carbons (Fsp3) is 0.345. The van der Waals surface area contributed by atoms with Crippen molar-refractivity contribution in [3.63, 3.8) is 0 Å². The van der Waals surface area contributed by atoms with Crippen LogP contribution in [-0.4, -0.2) is 55.6 Å². The highest BCUT2D eigenvalue weighted by Crippen LogP contribution is 2.31. The number of methoxy groups -OCH3 is 1. The molecule has 0 amide bonds. The fourth-order valence-corrected chi connectivity index (χ4v) is 5.31. The molecule has 4 heterocycles. The second-order valence-electron chi connectivity index (χ2n) is 10.1. The van der Waals surface area contributed by atoms with Crippen LogP contribution in [0, 0.1) is 5.92 Å². The van der Waals surface area contributed by atoms with Crippen molar-refractivity contribution >= 4 is 35.1 Å². The number of carbonyl (C=O) groups is 1. The van der Waals surface area contributed by atoms with E-state index >= 15 is 0 Å². The molecular weight excluding hydrogens is 565 g/mol. The maximum Gasteiger partial charge on any atom is 0.305 e. The third-order valence-corrected chi connectivity index (χ3v) is 7.45. The SMILES string of the molecule is COC(=O)CC1CCN(Cc2cc(Oc3cnc(NCc4cncn4C)nc3)nc(-c3cc(Cl)cc(Cl)c3)c2)CC1. The molecule has 0 saturated carbocycles. The van der Waals surface area contributed by atoms with Gasteiger partial charge in [0.1, 0.15) is 0 Å². The molecule has 0 unspecified atom stereocenters. The summed E-state index contributed by atoms with van der Waals surface area (Å²) in [7, 11) is 3.37. The first kappa shape index (κ1) is 28.8. The molecule has 1 fully saturated rings. The summed E-state index contributed by atoms with van der Waals surface area (Å²) in [5.41, 5.74) is 3.52. The van der Waals surface area contributed by atoms with Gasteiger partial charge >= 0.3 is 5.97 Å². The Kier molecular flexibility index (Phi) is 9.33. The van der Waals surface area contributed by atoms with Crippen molar-refractivity contribution in [1.29, 1.82) is 0 Å². The summed E-state index contributed by atoms with van der Waals surface area (Å²) in [5.74, 6) is 1.55. The lowest BCUT2D eigenvalue weighted by Crippen LogP contribution is -2.34. The number of hydrogen-bond acceptors (Lipinski definition) is 9. The Morgan fingerprint density at radius 2 is 1.78 bits per heavy atom. The third-order valence-electron chi connectivity index (χ3n) is 7.01. The Morgan fingerprint density at radius 1 is 1.05 bits per heavy atom. The quantitative estimate of drug-likeness (QED) is 0.229. The molecule has 0 atom stereocenters. The average molecular weight is 597 g/mol. The van der Waals surface area contributed by atoms with Gasteiger partial charge in [0.25, 0.3) is 0 Å². The van der Waals surface area contributed by atoms with Crippen LogP contribution in [0.25, 0.3) is 11.3 Å². The molecule has 3 aromatic heterocycles. The predicted molar refractivity (Wildman–Crippen MR) is 157 cm³/mol. The number of halogens is 2. The van der Waals surface area contributed by atoms with Crippen LogP contribution in [0.15, 0.2) is 55.2 Å². The van der Waals surface area contributed by atoms with Crippen molar-refractivity contribution < 1.29 is 14.3 Å². The summed E-state index contributed by atoms with van der Waals surface area (Å²) >= 11 is 12.6. The number of aromatic nitrogens is 5. The van der Waals surface area contributed by atoms with E-state index in [0.29, 0.717) is 58.7 Å². The van der Waals surface area contributed by atoms with E-state index in [-0.39, 0.29) is 5.97 Å². The highest BCUT2D eigenvalue weighted by Gasteiger charge is 2.22. The number of benzene rings is 1. The Morgan fingerprint density at radius 3 is 2.44 bits per heavy atom. The van der Waals surface area contributed by atoms with Gasteiger partial charge in [-0.05, 0) is 61.7 Å². The molecule has 12 heteroatoms. The van der Waals surface area contributed by atoms with Gasteiger partial charge in [0, 0.05) is 47.9 Å². The largest absolute Gasteiger partial charge is 0.469 e. The molecule has 1 aromatic carbocycles. The van der Waals surface area contributed by atoms with E-state index in [1.54, 1.807) is 31.0 Å². The first-order valence-electron chi connectivity index (χ1n) is 13.3. The smallest absolute Gasteiger partial charge is 0.305 e. The summed E-state index contributed by atoms with van der Waals surface area (Å²) in [6, 6.07) is 9.29.